The van der Waals surface area contributed by atoms with Gasteiger partial charge in [-0.3, -0.25) is 0 Å². The average molecular weight is 301 g/mol. The van der Waals surface area contributed by atoms with Crippen molar-refractivity contribution in [3.63, 3.8) is 0 Å². The molecule has 0 unspecified atom stereocenters. The Morgan fingerprint density at radius 3 is 2.42 bits per heavy atom. The van der Waals surface area contributed by atoms with Crippen LogP contribution in [0.3, 0.4) is 0 Å². The van der Waals surface area contributed by atoms with Crippen LogP contribution in [0.25, 0.3) is 0 Å². The predicted octanol–water partition coefficient (Wildman–Crippen LogP) is 3.85. The zero-order chi connectivity index (χ0) is 9.30. The van der Waals surface area contributed by atoms with Crippen LogP contribution in [0.15, 0.2) is 15.3 Å². The number of aromatic nitrogens is 1. The molecule has 0 bridgehead atoms. The van der Waals surface area contributed by atoms with Crippen LogP contribution in [-0.2, 0) is 0 Å². The Morgan fingerprint density at radius 1 is 1.42 bits per heavy atom. The van der Waals surface area contributed by atoms with Crippen LogP contribution in [0.1, 0.15) is 17.6 Å². The number of aryl methyl sites for hydroxylation is 1. The molecule has 0 aromatic carbocycles. The van der Waals surface area contributed by atoms with Crippen molar-refractivity contribution in [2.45, 2.75) is 13.3 Å². The molecule has 0 spiro atoms. The van der Waals surface area contributed by atoms with E-state index >= 15 is 0 Å². The molecular weight excluding hydrogens is 296 g/mol. The standard InChI is InChI=1S/C7H5Br2F2N/c1-3-2-12-6(9)4(5(3)8)7(10)11/h2,7H,1H3. The van der Waals surface area contributed by atoms with Gasteiger partial charge in [-0.05, 0) is 44.3 Å². The van der Waals surface area contributed by atoms with Crippen LogP contribution in [0.5, 0.6) is 0 Å². The first-order valence-corrected chi connectivity index (χ1v) is 4.71. The quantitative estimate of drug-likeness (QED) is 0.718. The number of hydrogen-bond donors (Lipinski definition) is 0. The summed E-state index contributed by atoms with van der Waals surface area (Å²) in [6.45, 7) is 1.72. The first kappa shape index (κ1) is 10.1. The summed E-state index contributed by atoms with van der Waals surface area (Å²) in [6, 6.07) is 0. The molecule has 0 saturated heterocycles. The Labute approximate surface area is 85.4 Å². The largest absolute Gasteiger partial charge is 0.267 e. The molecule has 5 heteroatoms. The molecule has 0 N–H and O–H groups in total. The molecule has 1 aromatic heterocycles. The SMILES string of the molecule is Cc1cnc(Br)c(C(F)F)c1Br. The molecule has 0 amide bonds. The predicted molar refractivity (Wildman–Crippen MR) is 49.3 cm³/mol. The van der Waals surface area contributed by atoms with E-state index in [9.17, 15) is 8.78 Å². The van der Waals surface area contributed by atoms with Crippen molar-refractivity contribution in [3.8, 4) is 0 Å². The molecule has 12 heavy (non-hydrogen) atoms. The Hall–Kier alpha value is -0.0300. The van der Waals surface area contributed by atoms with Crippen LogP contribution in [-0.4, -0.2) is 4.98 Å². The van der Waals surface area contributed by atoms with Gasteiger partial charge in [0, 0.05) is 10.7 Å². The molecule has 1 aromatic rings. The number of rotatable bonds is 1. The number of hydrogen-bond acceptors (Lipinski definition) is 1. The summed E-state index contributed by atoms with van der Waals surface area (Å²) >= 11 is 6.04. The third-order valence-corrected chi connectivity index (χ3v) is 3.08. The van der Waals surface area contributed by atoms with Gasteiger partial charge in [0.15, 0.2) is 0 Å². The number of pyridine rings is 1. The second-order valence-electron chi connectivity index (χ2n) is 2.26. The molecule has 0 aliphatic carbocycles. The monoisotopic (exact) mass is 299 g/mol. The van der Waals surface area contributed by atoms with E-state index in [4.69, 9.17) is 0 Å². The number of nitrogens with zero attached hydrogens (tertiary/aromatic N) is 1. The molecule has 0 radical (unpaired) electrons. The van der Waals surface area contributed by atoms with Crippen LogP contribution in [0.4, 0.5) is 8.78 Å². The highest BCUT2D eigenvalue weighted by Crippen LogP contribution is 2.34. The Morgan fingerprint density at radius 2 is 2.00 bits per heavy atom. The number of alkyl halides is 2. The maximum Gasteiger partial charge on any atom is 0.267 e. The van der Waals surface area contributed by atoms with Gasteiger partial charge >= 0.3 is 0 Å². The van der Waals surface area contributed by atoms with E-state index in [1.54, 1.807) is 6.92 Å². The van der Waals surface area contributed by atoms with Crippen molar-refractivity contribution >= 4 is 31.9 Å². The van der Waals surface area contributed by atoms with Crippen molar-refractivity contribution in [1.29, 1.82) is 0 Å². The second kappa shape index (κ2) is 3.79. The van der Waals surface area contributed by atoms with Crippen molar-refractivity contribution < 1.29 is 8.78 Å². The zero-order valence-electron chi connectivity index (χ0n) is 6.11. The van der Waals surface area contributed by atoms with Crippen molar-refractivity contribution in [2.24, 2.45) is 0 Å². The highest BCUT2D eigenvalue weighted by Gasteiger charge is 2.17. The minimum absolute atomic E-state index is 0.0880. The lowest BCUT2D eigenvalue weighted by Crippen LogP contribution is -1.93. The van der Waals surface area contributed by atoms with Crippen molar-refractivity contribution in [1.82, 2.24) is 4.98 Å². The normalized spacial score (nSPS) is 10.8. The van der Waals surface area contributed by atoms with Gasteiger partial charge in [-0.1, -0.05) is 0 Å². The molecule has 0 atom stereocenters. The van der Waals surface area contributed by atoms with Crippen molar-refractivity contribution in [3.05, 3.63) is 26.4 Å². The molecule has 0 aliphatic rings. The molecule has 1 rings (SSSR count). The maximum atomic E-state index is 12.4. The van der Waals surface area contributed by atoms with Crippen LogP contribution in [0.2, 0.25) is 0 Å². The van der Waals surface area contributed by atoms with E-state index in [0.717, 1.165) is 0 Å². The molecule has 0 aliphatic heterocycles. The first-order valence-electron chi connectivity index (χ1n) is 3.12. The third-order valence-electron chi connectivity index (χ3n) is 1.39. The van der Waals surface area contributed by atoms with Crippen LogP contribution in [0, 0.1) is 6.92 Å². The smallest absolute Gasteiger partial charge is 0.249 e. The summed E-state index contributed by atoms with van der Waals surface area (Å²) < 4.78 is 25.3. The highest BCUT2D eigenvalue weighted by molar-refractivity contribution is 9.11. The maximum absolute atomic E-state index is 12.4. The van der Waals surface area contributed by atoms with E-state index in [2.05, 4.69) is 36.8 Å². The van der Waals surface area contributed by atoms with E-state index < -0.39 is 6.43 Å². The van der Waals surface area contributed by atoms with Gasteiger partial charge in [0.25, 0.3) is 6.43 Å². The lowest BCUT2D eigenvalue weighted by molar-refractivity contribution is 0.149. The summed E-state index contributed by atoms with van der Waals surface area (Å²) in [7, 11) is 0. The summed E-state index contributed by atoms with van der Waals surface area (Å²) in [5.74, 6) is 0. The average Bonchev–Trinajstić information content (AvgIpc) is 1.97. The van der Waals surface area contributed by atoms with Gasteiger partial charge in [0.05, 0.1) is 5.56 Å². The lowest BCUT2D eigenvalue weighted by atomic mass is 10.2. The van der Waals surface area contributed by atoms with Crippen molar-refractivity contribution in [2.75, 3.05) is 0 Å². The molecule has 66 valence electrons. The summed E-state index contributed by atoms with van der Waals surface area (Å²) in [5.41, 5.74) is 0.614. The molecule has 1 heterocycles. The van der Waals surface area contributed by atoms with Crippen LogP contribution < -0.4 is 0 Å². The van der Waals surface area contributed by atoms with Gasteiger partial charge in [-0.2, -0.15) is 0 Å². The van der Waals surface area contributed by atoms with Gasteiger partial charge in [-0.25, -0.2) is 13.8 Å². The van der Waals surface area contributed by atoms with Gasteiger partial charge in [0.2, 0.25) is 0 Å². The van der Waals surface area contributed by atoms with Gasteiger partial charge in [-0.15, -0.1) is 0 Å². The van der Waals surface area contributed by atoms with Crippen LogP contribution >= 0.6 is 31.9 Å². The fourth-order valence-electron chi connectivity index (χ4n) is 0.769. The summed E-state index contributed by atoms with van der Waals surface area (Å²) in [5, 5.41) is 0. The second-order valence-corrected chi connectivity index (χ2v) is 3.80. The Balaban J connectivity index is 3.33. The fraction of sp³-hybridized carbons (Fsp3) is 0.286. The third kappa shape index (κ3) is 1.82. The minimum atomic E-state index is -2.51. The Kier molecular flexibility index (Phi) is 3.17. The van der Waals surface area contributed by atoms with E-state index in [1.165, 1.54) is 6.20 Å². The van der Waals surface area contributed by atoms with E-state index in [1.807, 2.05) is 0 Å². The molecule has 0 fully saturated rings. The first-order chi connectivity index (χ1) is 5.54. The molecule has 0 saturated carbocycles. The summed E-state index contributed by atoms with van der Waals surface area (Å²) in [6.07, 6.45) is -0.985. The van der Waals surface area contributed by atoms with E-state index in [-0.39, 0.29) is 10.2 Å². The van der Waals surface area contributed by atoms with Gasteiger partial charge in [0.1, 0.15) is 4.60 Å². The zero-order valence-corrected chi connectivity index (χ0v) is 9.29. The molecular formula is C7H5Br2F2N. The summed E-state index contributed by atoms with van der Waals surface area (Å²) in [4.78, 5) is 3.77. The van der Waals surface area contributed by atoms with Gasteiger partial charge < -0.3 is 0 Å². The molecule has 1 nitrogen and oxygen atoms in total. The number of halogens is 4. The minimum Gasteiger partial charge on any atom is -0.249 e. The topological polar surface area (TPSA) is 12.9 Å². The van der Waals surface area contributed by atoms with E-state index in [0.29, 0.717) is 10.0 Å². The Bertz CT molecular complexity index is 302. The fourth-order valence-corrected chi connectivity index (χ4v) is 1.97. The highest BCUT2D eigenvalue weighted by atomic mass is 79.9. The lowest BCUT2D eigenvalue weighted by Gasteiger charge is -2.06.